The van der Waals surface area contributed by atoms with Crippen LogP contribution in [0.3, 0.4) is 0 Å². The minimum Gasteiger partial charge on any atom is -0.457 e. The van der Waals surface area contributed by atoms with E-state index in [4.69, 9.17) is 4.74 Å². The summed E-state index contributed by atoms with van der Waals surface area (Å²) in [7, 11) is 0. The molecule has 45 heavy (non-hydrogen) atoms. The fourth-order valence-corrected chi connectivity index (χ4v) is 6.85. The smallest absolute Gasteiger partial charge is 0.331 e. The molecule has 0 radical (unpaired) electrons. The highest BCUT2D eigenvalue weighted by Crippen LogP contribution is 2.47. The Bertz CT molecular complexity index is 1910. The molecule has 9 nitrogen and oxygen atoms in total. The van der Waals surface area contributed by atoms with E-state index in [2.05, 4.69) is 26.6 Å². The maximum absolute atomic E-state index is 13.6. The fourth-order valence-electron chi connectivity index (χ4n) is 5.85. The van der Waals surface area contributed by atoms with Crippen molar-refractivity contribution in [1.29, 1.82) is 5.26 Å². The van der Waals surface area contributed by atoms with E-state index >= 15 is 0 Å². The van der Waals surface area contributed by atoms with Gasteiger partial charge in [-0.15, -0.1) is 11.3 Å². The average molecular weight is 615 g/mol. The van der Waals surface area contributed by atoms with Crippen LogP contribution < -0.4 is 20.3 Å². The van der Waals surface area contributed by atoms with Crippen molar-refractivity contribution in [1.82, 2.24) is 9.88 Å². The molecule has 1 fully saturated rings. The zero-order valence-electron chi connectivity index (χ0n) is 24.5. The minimum atomic E-state index is -0.478. The number of carbonyl (C=O) groups excluding carboxylic acids is 2. The Balaban J connectivity index is 1.13. The summed E-state index contributed by atoms with van der Waals surface area (Å²) in [4.78, 5) is 36.4. The number of piperidine rings is 1. The van der Waals surface area contributed by atoms with Gasteiger partial charge < -0.3 is 20.3 Å². The number of para-hydroxylation sites is 1. The van der Waals surface area contributed by atoms with Crippen LogP contribution in [0.5, 0.6) is 11.5 Å². The number of benzene rings is 3. The zero-order valence-corrected chi connectivity index (χ0v) is 25.3. The maximum atomic E-state index is 13.6. The molecule has 3 aromatic carbocycles. The molecule has 2 N–H and O–H groups in total. The van der Waals surface area contributed by atoms with E-state index < -0.39 is 6.03 Å². The molecule has 4 heterocycles. The standard InChI is InChI=1S/C35H30N6O3S/c36-21-24-22-37-34-29-30(32(45-34)33(42)38-25-11-9-23(10-12-25)17-20-40-18-5-2-6-19-40)39-35(43)41(31(24)29)26-13-15-28(16-14-26)44-27-7-3-1-4-8-27/h1,3-4,7-16,22H,2,5-6,17-20H2,(H,38,42)(H,39,43). The SMILES string of the molecule is N#Cc1cnc2sc(C(=O)Nc3ccc(CCN4CCCCC4)cc3)c3c2c1N(c1ccc(Oc2ccccc2)cc1)C(=O)N3. The topological polar surface area (TPSA) is 111 Å². The molecular weight excluding hydrogens is 584 g/mol. The van der Waals surface area contributed by atoms with Crippen molar-refractivity contribution in [3.8, 4) is 17.6 Å². The first kappa shape index (κ1) is 28.5. The Morgan fingerprint density at radius 2 is 1.71 bits per heavy atom. The third-order valence-electron chi connectivity index (χ3n) is 8.13. The lowest BCUT2D eigenvalue weighted by molar-refractivity contribution is 0.103. The quantitative estimate of drug-likeness (QED) is 0.184. The summed E-state index contributed by atoms with van der Waals surface area (Å²) < 4.78 is 5.90. The molecule has 2 aromatic heterocycles. The van der Waals surface area contributed by atoms with Crippen molar-refractivity contribution in [2.45, 2.75) is 25.7 Å². The van der Waals surface area contributed by atoms with Crippen molar-refractivity contribution < 1.29 is 14.3 Å². The number of amides is 3. The molecule has 7 rings (SSSR count). The molecule has 0 bridgehead atoms. The fraction of sp³-hybridized carbons (Fsp3) is 0.200. The molecular formula is C35H30N6O3S. The monoisotopic (exact) mass is 614 g/mol. The number of rotatable bonds is 8. The number of ether oxygens (including phenoxy) is 1. The molecule has 2 aliphatic rings. The number of thiophene rings is 1. The van der Waals surface area contributed by atoms with Crippen LogP contribution in [0.15, 0.2) is 85.1 Å². The van der Waals surface area contributed by atoms with Gasteiger partial charge in [0, 0.05) is 18.4 Å². The second-order valence-corrected chi connectivity index (χ2v) is 12.1. The van der Waals surface area contributed by atoms with E-state index in [0.29, 0.717) is 49.3 Å². The summed E-state index contributed by atoms with van der Waals surface area (Å²) in [6, 6.07) is 26.0. The van der Waals surface area contributed by atoms with E-state index in [-0.39, 0.29) is 11.5 Å². The van der Waals surface area contributed by atoms with E-state index in [1.54, 1.807) is 24.3 Å². The molecule has 1 saturated heterocycles. The van der Waals surface area contributed by atoms with Crippen molar-refractivity contribution in [2.75, 3.05) is 35.2 Å². The second kappa shape index (κ2) is 12.4. The van der Waals surface area contributed by atoms with Crippen LogP contribution in [-0.2, 0) is 6.42 Å². The highest BCUT2D eigenvalue weighted by molar-refractivity contribution is 7.21. The van der Waals surface area contributed by atoms with Gasteiger partial charge in [-0.2, -0.15) is 5.26 Å². The van der Waals surface area contributed by atoms with Gasteiger partial charge in [0.25, 0.3) is 5.91 Å². The summed E-state index contributed by atoms with van der Waals surface area (Å²) in [6.45, 7) is 3.38. The summed E-state index contributed by atoms with van der Waals surface area (Å²) in [5, 5.41) is 16.4. The van der Waals surface area contributed by atoms with Gasteiger partial charge in [-0.3, -0.25) is 9.69 Å². The largest absolute Gasteiger partial charge is 0.457 e. The highest BCUT2D eigenvalue weighted by atomic mass is 32.1. The number of anilines is 4. The number of likely N-dealkylation sites (tertiary alicyclic amines) is 1. The lowest BCUT2D eigenvalue weighted by atomic mass is 10.1. The first-order valence-corrected chi connectivity index (χ1v) is 15.8. The first-order chi connectivity index (χ1) is 22.1. The number of nitrogens with one attached hydrogen (secondary N) is 2. The van der Waals surface area contributed by atoms with Crippen LogP contribution >= 0.6 is 11.3 Å². The van der Waals surface area contributed by atoms with E-state index in [0.717, 1.165) is 13.0 Å². The van der Waals surface area contributed by atoms with Gasteiger partial charge in [-0.1, -0.05) is 36.8 Å². The van der Waals surface area contributed by atoms with Crippen molar-refractivity contribution in [3.63, 3.8) is 0 Å². The molecule has 0 saturated carbocycles. The molecule has 3 amide bonds. The predicted molar refractivity (Wildman–Crippen MR) is 177 cm³/mol. The molecule has 0 aliphatic carbocycles. The Morgan fingerprint density at radius 1 is 0.978 bits per heavy atom. The van der Waals surface area contributed by atoms with Crippen molar-refractivity contribution in [2.24, 2.45) is 0 Å². The maximum Gasteiger partial charge on any atom is 0.331 e. The van der Waals surface area contributed by atoms with Crippen LogP contribution in [0.2, 0.25) is 0 Å². The molecule has 0 unspecified atom stereocenters. The molecule has 10 heteroatoms. The molecule has 5 aromatic rings. The van der Waals surface area contributed by atoms with Crippen LogP contribution in [0.4, 0.5) is 27.5 Å². The van der Waals surface area contributed by atoms with E-state index in [9.17, 15) is 14.9 Å². The summed E-state index contributed by atoms with van der Waals surface area (Å²) in [5.74, 6) is 0.948. The average Bonchev–Trinajstić information content (AvgIpc) is 3.45. The van der Waals surface area contributed by atoms with Gasteiger partial charge in [0.1, 0.15) is 27.3 Å². The summed E-state index contributed by atoms with van der Waals surface area (Å²) >= 11 is 1.18. The minimum absolute atomic E-state index is 0.230. The van der Waals surface area contributed by atoms with Crippen molar-refractivity contribution >= 4 is 56.2 Å². The number of pyridine rings is 1. The Hall–Kier alpha value is -5.24. The molecule has 2 aliphatic heterocycles. The molecule has 224 valence electrons. The van der Waals surface area contributed by atoms with Crippen molar-refractivity contribution in [3.05, 3.63) is 101 Å². The van der Waals surface area contributed by atoms with Gasteiger partial charge in [0.2, 0.25) is 0 Å². The van der Waals surface area contributed by atoms with Gasteiger partial charge in [-0.05, 0) is 86.4 Å². The van der Waals surface area contributed by atoms with Crippen LogP contribution in [0.25, 0.3) is 10.2 Å². The van der Waals surface area contributed by atoms with Gasteiger partial charge in [0.15, 0.2) is 0 Å². The van der Waals surface area contributed by atoms with E-state index in [1.165, 1.54) is 60.3 Å². The Morgan fingerprint density at radius 3 is 2.44 bits per heavy atom. The third kappa shape index (κ3) is 5.83. The highest BCUT2D eigenvalue weighted by Gasteiger charge is 2.35. The number of nitriles is 1. The number of hydrogen-bond acceptors (Lipinski definition) is 7. The number of hydrogen-bond donors (Lipinski definition) is 2. The second-order valence-electron chi connectivity index (χ2n) is 11.1. The number of carbonyl (C=O) groups is 2. The third-order valence-corrected chi connectivity index (χ3v) is 9.23. The Kier molecular flexibility index (Phi) is 7.86. The zero-order chi connectivity index (χ0) is 30.8. The lowest BCUT2D eigenvalue weighted by Crippen LogP contribution is -2.35. The number of nitrogens with zero attached hydrogens (tertiary/aromatic N) is 4. The number of urea groups is 1. The molecule has 0 spiro atoms. The van der Waals surface area contributed by atoms with Gasteiger partial charge >= 0.3 is 6.03 Å². The van der Waals surface area contributed by atoms with Crippen LogP contribution in [0, 0.1) is 11.3 Å². The van der Waals surface area contributed by atoms with Crippen LogP contribution in [0.1, 0.15) is 40.1 Å². The summed E-state index contributed by atoms with van der Waals surface area (Å²) in [5.41, 5.74) is 3.41. The normalized spacial score (nSPS) is 14.6. The van der Waals surface area contributed by atoms with Crippen LogP contribution in [-0.4, -0.2) is 41.5 Å². The molecule has 0 atom stereocenters. The predicted octanol–water partition coefficient (Wildman–Crippen LogP) is 7.92. The van der Waals surface area contributed by atoms with E-state index in [1.807, 2.05) is 54.6 Å². The number of aromatic nitrogens is 1. The Labute approximate surface area is 264 Å². The summed E-state index contributed by atoms with van der Waals surface area (Å²) in [6.07, 6.45) is 6.28. The lowest BCUT2D eigenvalue weighted by Gasteiger charge is -2.29. The van der Waals surface area contributed by atoms with Gasteiger partial charge in [0.05, 0.1) is 28.0 Å². The van der Waals surface area contributed by atoms with Gasteiger partial charge in [-0.25, -0.2) is 9.78 Å². The first-order valence-electron chi connectivity index (χ1n) is 15.0.